The fraction of sp³-hybridized carbons (Fsp3) is 0.444. The Morgan fingerprint density at radius 3 is 2.21 bits per heavy atom. The Bertz CT molecular complexity index is 924. The first kappa shape index (κ1) is 19.4. The van der Waals surface area contributed by atoms with Gasteiger partial charge in [-0.25, -0.2) is 4.68 Å². The molecule has 1 amide bonds. The van der Waals surface area contributed by atoms with Crippen molar-refractivity contribution in [3.05, 3.63) is 39.5 Å². The molecule has 2 aliphatic rings. The topological polar surface area (TPSA) is 64.2 Å². The highest BCUT2D eigenvalue weighted by Crippen LogP contribution is 2.52. The molecule has 2 fully saturated rings. The number of rotatable bonds is 3. The van der Waals surface area contributed by atoms with Crippen LogP contribution in [0.5, 0.6) is 0 Å². The molecule has 10 heteroatoms. The molecule has 1 aromatic carbocycles. The Hall–Kier alpha value is -1.93. The molecule has 0 spiro atoms. The van der Waals surface area contributed by atoms with Gasteiger partial charge in [-0.2, -0.15) is 18.3 Å². The van der Waals surface area contributed by atoms with Crippen LogP contribution in [0.1, 0.15) is 36.8 Å². The molecule has 1 saturated carbocycles. The van der Waals surface area contributed by atoms with Gasteiger partial charge in [0.2, 0.25) is 5.91 Å². The number of carbonyl (C=O) groups is 1. The molecular formula is C18H17Cl2F3N4O. The van der Waals surface area contributed by atoms with E-state index in [-0.39, 0.29) is 27.5 Å². The second-order valence-corrected chi connectivity index (χ2v) is 8.04. The van der Waals surface area contributed by atoms with Crippen LogP contribution in [0.2, 0.25) is 10.0 Å². The minimum atomic E-state index is -4.58. The number of nitrogens with two attached hydrogens (primary N) is 1. The van der Waals surface area contributed by atoms with Crippen LogP contribution in [0.15, 0.2) is 18.3 Å². The maximum absolute atomic E-state index is 13.0. The molecule has 1 aromatic heterocycles. The van der Waals surface area contributed by atoms with Crippen LogP contribution in [0.4, 0.5) is 19.0 Å². The molecule has 0 radical (unpaired) electrons. The largest absolute Gasteiger partial charge is 0.416 e. The third kappa shape index (κ3) is 3.03. The molecule has 150 valence electrons. The van der Waals surface area contributed by atoms with E-state index in [9.17, 15) is 18.0 Å². The van der Waals surface area contributed by atoms with Gasteiger partial charge >= 0.3 is 6.18 Å². The molecule has 0 atom stereocenters. The van der Waals surface area contributed by atoms with Crippen molar-refractivity contribution in [3.63, 3.8) is 0 Å². The van der Waals surface area contributed by atoms with Crippen molar-refractivity contribution >= 4 is 34.9 Å². The fourth-order valence-corrected chi connectivity index (χ4v) is 4.43. The lowest BCUT2D eigenvalue weighted by molar-refractivity contribution is -0.137. The van der Waals surface area contributed by atoms with Gasteiger partial charge < -0.3 is 10.6 Å². The number of likely N-dealkylation sites (tertiary alicyclic amines) is 1. The van der Waals surface area contributed by atoms with Crippen molar-refractivity contribution in [2.75, 3.05) is 18.8 Å². The van der Waals surface area contributed by atoms with Crippen LogP contribution in [0.25, 0.3) is 5.69 Å². The number of benzene rings is 1. The standard InChI is InChI=1S/C18H17Cl2F3N4O/c19-12-7-10(18(21,22)23)8-13(20)14(12)27-15(24)11(9-25-27)17(3-4-17)16(28)26-5-1-2-6-26/h7-9H,1-6,24H2. The Kier molecular flexibility index (Phi) is 4.54. The van der Waals surface area contributed by atoms with Crippen LogP contribution in [-0.4, -0.2) is 33.7 Å². The van der Waals surface area contributed by atoms with Crippen LogP contribution < -0.4 is 5.73 Å². The molecule has 2 heterocycles. The zero-order valence-corrected chi connectivity index (χ0v) is 16.2. The molecule has 2 aromatic rings. The van der Waals surface area contributed by atoms with E-state index >= 15 is 0 Å². The molecule has 28 heavy (non-hydrogen) atoms. The molecule has 2 N–H and O–H groups in total. The van der Waals surface area contributed by atoms with E-state index in [1.807, 2.05) is 4.90 Å². The molecule has 1 aliphatic heterocycles. The van der Waals surface area contributed by atoms with E-state index in [0.717, 1.165) is 38.1 Å². The lowest BCUT2D eigenvalue weighted by Gasteiger charge is -2.22. The maximum Gasteiger partial charge on any atom is 0.416 e. The van der Waals surface area contributed by atoms with Gasteiger partial charge in [0.05, 0.1) is 27.2 Å². The number of alkyl halides is 3. The summed E-state index contributed by atoms with van der Waals surface area (Å²) in [6.45, 7) is 1.45. The summed E-state index contributed by atoms with van der Waals surface area (Å²) in [5, 5.41) is 3.74. The number of carbonyl (C=O) groups excluding carboxylic acids is 1. The van der Waals surface area contributed by atoms with Crippen molar-refractivity contribution in [1.29, 1.82) is 0 Å². The summed E-state index contributed by atoms with van der Waals surface area (Å²) in [6, 6.07) is 1.57. The van der Waals surface area contributed by atoms with Gasteiger partial charge in [-0.05, 0) is 37.8 Å². The molecule has 1 saturated heterocycles. The first-order chi connectivity index (χ1) is 13.1. The lowest BCUT2D eigenvalue weighted by atomic mass is 9.96. The summed E-state index contributed by atoms with van der Waals surface area (Å²) >= 11 is 12.2. The predicted molar refractivity (Wildman–Crippen MR) is 99.7 cm³/mol. The first-order valence-corrected chi connectivity index (χ1v) is 9.61. The average Bonchev–Trinajstić information content (AvgIpc) is 3.05. The average molecular weight is 433 g/mol. The number of nitrogens with zero attached hydrogens (tertiary/aromatic N) is 3. The van der Waals surface area contributed by atoms with Gasteiger partial charge in [-0.1, -0.05) is 23.2 Å². The SMILES string of the molecule is Nc1c(C2(C(=O)N3CCCC3)CC2)cnn1-c1c(Cl)cc(C(F)(F)F)cc1Cl. The van der Waals surface area contributed by atoms with Crippen LogP contribution >= 0.6 is 23.2 Å². The quantitative estimate of drug-likeness (QED) is 0.779. The number of hydrogen-bond donors (Lipinski definition) is 1. The van der Waals surface area contributed by atoms with Crippen molar-refractivity contribution < 1.29 is 18.0 Å². The van der Waals surface area contributed by atoms with E-state index in [1.54, 1.807) is 0 Å². The van der Waals surface area contributed by atoms with E-state index < -0.39 is 17.2 Å². The van der Waals surface area contributed by atoms with Gasteiger partial charge in [-0.3, -0.25) is 4.79 Å². The molecule has 4 rings (SSSR count). The third-order valence-electron chi connectivity index (χ3n) is 5.43. The summed E-state index contributed by atoms with van der Waals surface area (Å²) in [5.41, 5.74) is 5.21. The van der Waals surface area contributed by atoms with Gasteiger partial charge in [-0.15, -0.1) is 0 Å². The molecule has 0 bridgehead atoms. The highest BCUT2D eigenvalue weighted by Gasteiger charge is 2.55. The van der Waals surface area contributed by atoms with E-state index in [2.05, 4.69) is 5.10 Å². The Morgan fingerprint density at radius 1 is 1.14 bits per heavy atom. The van der Waals surface area contributed by atoms with Gasteiger partial charge in [0, 0.05) is 18.7 Å². The molecule has 1 aliphatic carbocycles. The summed E-state index contributed by atoms with van der Waals surface area (Å²) in [6.07, 6.45) is 0.188. The van der Waals surface area contributed by atoms with Crippen LogP contribution in [-0.2, 0) is 16.4 Å². The fourth-order valence-electron chi connectivity index (χ4n) is 3.78. The third-order valence-corrected chi connectivity index (χ3v) is 6.01. The highest BCUT2D eigenvalue weighted by atomic mass is 35.5. The van der Waals surface area contributed by atoms with Crippen LogP contribution in [0.3, 0.4) is 0 Å². The van der Waals surface area contributed by atoms with Crippen molar-refractivity contribution in [1.82, 2.24) is 14.7 Å². The minimum absolute atomic E-state index is 0.0286. The predicted octanol–water partition coefficient (Wildman–Crippen LogP) is 4.43. The Labute approximate surface area is 169 Å². The van der Waals surface area contributed by atoms with Crippen molar-refractivity contribution in [3.8, 4) is 5.69 Å². The number of nitrogen functional groups attached to an aromatic ring is 1. The molecule has 5 nitrogen and oxygen atoms in total. The number of anilines is 1. The van der Waals surface area contributed by atoms with E-state index in [0.29, 0.717) is 18.4 Å². The summed E-state index contributed by atoms with van der Waals surface area (Å²) in [4.78, 5) is 14.8. The van der Waals surface area contributed by atoms with E-state index in [4.69, 9.17) is 28.9 Å². The number of halogens is 5. The number of amides is 1. The summed E-state index contributed by atoms with van der Waals surface area (Å²) < 4.78 is 40.1. The van der Waals surface area contributed by atoms with Gasteiger partial charge in [0.15, 0.2) is 0 Å². The zero-order chi connectivity index (χ0) is 20.3. The monoisotopic (exact) mass is 432 g/mol. The maximum atomic E-state index is 13.0. The molecule has 0 unspecified atom stereocenters. The van der Waals surface area contributed by atoms with Crippen molar-refractivity contribution in [2.45, 2.75) is 37.3 Å². The number of aromatic nitrogens is 2. The zero-order valence-electron chi connectivity index (χ0n) is 14.7. The second kappa shape index (κ2) is 6.56. The van der Waals surface area contributed by atoms with Crippen molar-refractivity contribution in [2.24, 2.45) is 0 Å². The van der Waals surface area contributed by atoms with Crippen LogP contribution in [0, 0.1) is 0 Å². The first-order valence-electron chi connectivity index (χ1n) is 8.85. The summed E-state index contributed by atoms with van der Waals surface area (Å²) in [5.74, 6) is 0.189. The Morgan fingerprint density at radius 2 is 1.71 bits per heavy atom. The molecular weight excluding hydrogens is 416 g/mol. The van der Waals surface area contributed by atoms with Gasteiger partial charge in [0.1, 0.15) is 11.5 Å². The summed E-state index contributed by atoms with van der Waals surface area (Å²) in [7, 11) is 0. The van der Waals surface area contributed by atoms with E-state index in [1.165, 1.54) is 10.9 Å². The highest BCUT2D eigenvalue weighted by molar-refractivity contribution is 6.38. The number of hydrogen-bond acceptors (Lipinski definition) is 3. The van der Waals surface area contributed by atoms with Gasteiger partial charge in [0.25, 0.3) is 0 Å². The second-order valence-electron chi connectivity index (χ2n) is 7.22. The lowest BCUT2D eigenvalue weighted by Crippen LogP contribution is -2.37. The minimum Gasteiger partial charge on any atom is -0.383 e. The smallest absolute Gasteiger partial charge is 0.383 e. The Balaban J connectivity index is 1.73. The normalized spacial score (nSPS) is 18.5.